The Kier molecular flexibility index (Phi) is 6.26. The van der Waals surface area contributed by atoms with Crippen molar-refractivity contribution in [2.75, 3.05) is 26.7 Å². The minimum absolute atomic E-state index is 0.0116. The van der Waals surface area contributed by atoms with Crippen LogP contribution in [0, 0.1) is 0 Å². The molecule has 1 saturated heterocycles. The first-order valence-electron chi connectivity index (χ1n) is 14.6. The Hall–Kier alpha value is -2.76. The first kappa shape index (κ1) is 20.3. The third kappa shape index (κ3) is 5.47. The number of rotatable bonds is 11. The lowest BCUT2D eigenvalue weighted by Gasteiger charge is -2.19. The fourth-order valence-electron chi connectivity index (χ4n) is 4.19. The molecule has 196 valence electrons. The number of aromatic amines is 1. The molecule has 0 amide bonds. The summed E-state index contributed by atoms with van der Waals surface area (Å²) in [6.07, 6.45) is -2.01. The Balaban J connectivity index is 1.80. The second-order valence-corrected chi connectivity index (χ2v) is 10.4. The number of hydrogen-bond donors (Lipinski definition) is 2. The molecule has 0 aliphatic carbocycles. The fraction of sp³-hybridized carbons (Fsp3) is 0.560. The zero-order chi connectivity index (χ0) is 30.3. The van der Waals surface area contributed by atoms with Crippen LogP contribution in [0.25, 0.3) is 22.4 Å². The minimum atomic E-state index is -4.39. The highest BCUT2D eigenvalue weighted by molar-refractivity contribution is 7.89. The number of ether oxygens (including phenoxy) is 1. The molecule has 1 aromatic carbocycles. The van der Waals surface area contributed by atoms with E-state index in [0.29, 0.717) is 26.0 Å². The van der Waals surface area contributed by atoms with E-state index in [9.17, 15) is 13.2 Å². The Morgan fingerprint density at radius 2 is 2.08 bits per heavy atom. The summed E-state index contributed by atoms with van der Waals surface area (Å²) in [7, 11) is -1.12. The smallest absolute Gasteiger partial charge is 0.277 e. The largest absolute Gasteiger partial charge is 0.493 e. The summed E-state index contributed by atoms with van der Waals surface area (Å²) in [5, 5.41) is 4.21. The third-order valence-electron chi connectivity index (χ3n) is 6.03. The molecule has 2 atom stereocenters. The van der Waals surface area contributed by atoms with Gasteiger partial charge in [0.1, 0.15) is 17.1 Å². The van der Waals surface area contributed by atoms with Crippen LogP contribution in [0.2, 0.25) is 0 Å². The van der Waals surface area contributed by atoms with Gasteiger partial charge in [-0.1, -0.05) is 20.3 Å². The van der Waals surface area contributed by atoms with Gasteiger partial charge in [0.2, 0.25) is 10.0 Å². The van der Waals surface area contributed by atoms with Gasteiger partial charge in [0, 0.05) is 26.5 Å². The number of sulfonamides is 1. The van der Waals surface area contributed by atoms with Crippen LogP contribution in [0.5, 0.6) is 5.75 Å². The minimum Gasteiger partial charge on any atom is -0.493 e. The average molecular weight is 522 g/mol. The van der Waals surface area contributed by atoms with Gasteiger partial charge >= 0.3 is 0 Å². The summed E-state index contributed by atoms with van der Waals surface area (Å²) in [5.74, 6) is 0.194. The van der Waals surface area contributed by atoms with Crippen LogP contribution < -0.4 is 15.0 Å². The lowest BCUT2D eigenvalue weighted by molar-refractivity contribution is 0.297. The predicted molar refractivity (Wildman–Crippen MR) is 140 cm³/mol. The van der Waals surface area contributed by atoms with E-state index in [2.05, 4.69) is 19.8 Å². The van der Waals surface area contributed by atoms with E-state index in [1.165, 1.54) is 29.9 Å². The van der Waals surface area contributed by atoms with E-state index < -0.39 is 40.9 Å². The number of aryl methyl sites for hydroxylation is 2. The molecule has 4 rings (SSSR count). The van der Waals surface area contributed by atoms with Gasteiger partial charge in [-0.05, 0) is 63.8 Å². The maximum atomic E-state index is 13.4. The van der Waals surface area contributed by atoms with Crippen molar-refractivity contribution < 1.29 is 20.0 Å². The van der Waals surface area contributed by atoms with Gasteiger partial charge in [-0.2, -0.15) is 5.10 Å². The number of nitrogens with one attached hydrogen (secondary N) is 2. The van der Waals surface area contributed by atoms with Crippen molar-refractivity contribution in [3.8, 4) is 17.1 Å². The van der Waals surface area contributed by atoms with Crippen molar-refractivity contribution in [3.63, 3.8) is 0 Å². The monoisotopic (exact) mass is 521 g/mol. The molecule has 3 aromatic rings. The molecule has 1 aliphatic rings. The van der Waals surface area contributed by atoms with Crippen molar-refractivity contribution in [2.45, 2.75) is 63.2 Å². The zero-order valence-electron chi connectivity index (χ0n) is 26.0. The van der Waals surface area contributed by atoms with Crippen molar-refractivity contribution in [3.05, 3.63) is 34.2 Å². The van der Waals surface area contributed by atoms with Gasteiger partial charge in [0.25, 0.3) is 5.56 Å². The van der Waals surface area contributed by atoms with Gasteiger partial charge in [-0.3, -0.25) is 9.48 Å². The number of nitrogens with zero attached hydrogens (tertiary/aromatic N) is 4. The van der Waals surface area contributed by atoms with E-state index in [4.69, 9.17) is 11.6 Å². The molecule has 2 aromatic heterocycles. The van der Waals surface area contributed by atoms with E-state index in [0.717, 1.165) is 6.42 Å². The first-order chi connectivity index (χ1) is 19.1. The summed E-state index contributed by atoms with van der Waals surface area (Å²) in [5.41, 5.74) is -0.356. The van der Waals surface area contributed by atoms with Gasteiger partial charge in [-0.15, -0.1) is 0 Å². The van der Waals surface area contributed by atoms with E-state index in [1.807, 2.05) is 6.92 Å². The highest BCUT2D eigenvalue weighted by atomic mass is 32.2. The first-order valence-corrected chi connectivity index (χ1v) is 13.5. The second kappa shape index (κ2) is 11.1. The van der Waals surface area contributed by atoms with E-state index >= 15 is 0 Å². The van der Waals surface area contributed by atoms with Crippen LogP contribution in [0.1, 0.15) is 58.5 Å². The van der Waals surface area contributed by atoms with Crippen LogP contribution >= 0.6 is 0 Å². The SMILES string of the molecule is [2H]C(NS(=O)(=O)c1ccc(OCCC)c(-c2nc3c(C([2H])([2H])CC)nn(C)c3c(=O)[nH]2)c1)C([2H])([2H])C1CCCN1C. The molecule has 0 radical (unpaired) electrons. The number of likely N-dealkylation sites (tertiary alicyclic amines) is 1. The average Bonchev–Trinajstić information content (AvgIpc) is 3.50. The molecule has 36 heavy (non-hydrogen) atoms. The van der Waals surface area contributed by atoms with E-state index in [1.54, 1.807) is 18.9 Å². The zero-order valence-corrected chi connectivity index (χ0v) is 21.8. The van der Waals surface area contributed by atoms with Crippen LogP contribution in [-0.4, -0.2) is 65.8 Å². The topological polar surface area (TPSA) is 122 Å². The summed E-state index contributed by atoms with van der Waals surface area (Å²) in [6.45, 7) is 2.73. The standard InChI is InChI=1S/C25H36N6O4S/c1-5-8-20-22-23(31(4)29-20)25(32)28-24(27-22)19-16-18(10-11-21(19)35-15-6-2)36(33,34)26-13-12-17-9-7-14-30(17)3/h10-11,16-17,26H,5-9,12-15H2,1-4H3,(H,27,28,32)/i8D2,12D2,13D. The highest BCUT2D eigenvalue weighted by Gasteiger charge is 2.23. The van der Waals surface area contributed by atoms with E-state index in [-0.39, 0.29) is 45.2 Å². The van der Waals surface area contributed by atoms with Crippen molar-refractivity contribution in [1.29, 1.82) is 0 Å². The molecule has 2 N–H and O–H groups in total. The molecule has 11 heteroatoms. The van der Waals surface area contributed by atoms with Crippen LogP contribution in [-0.2, 0) is 23.4 Å². The lowest BCUT2D eigenvalue weighted by atomic mass is 10.1. The Morgan fingerprint density at radius 3 is 2.78 bits per heavy atom. The maximum absolute atomic E-state index is 13.4. The summed E-state index contributed by atoms with van der Waals surface area (Å²) in [6, 6.07) is 3.33. The molecular weight excluding hydrogens is 480 g/mol. The normalized spacial score (nSPS) is 20.4. The van der Waals surface area contributed by atoms with Crippen LogP contribution in [0.3, 0.4) is 0 Å². The van der Waals surface area contributed by atoms with Gasteiger partial charge in [0.15, 0.2) is 5.52 Å². The number of aromatic nitrogens is 4. The van der Waals surface area contributed by atoms with Gasteiger partial charge < -0.3 is 14.6 Å². The highest BCUT2D eigenvalue weighted by Crippen LogP contribution is 2.31. The number of H-pyrrole nitrogens is 1. The second-order valence-electron chi connectivity index (χ2n) is 8.69. The molecular formula is C25H36N6O4S. The summed E-state index contributed by atoms with van der Waals surface area (Å²) in [4.78, 5) is 21.8. The predicted octanol–water partition coefficient (Wildman–Crippen LogP) is 2.83. The Morgan fingerprint density at radius 1 is 1.28 bits per heavy atom. The Bertz CT molecular complexity index is 1590. The van der Waals surface area contributed by atoms with Gasteiger partial charge in [-0.25, -0.2) is 18.1 Å². The van der Waals surface area contributed by atoms with Crippen molar-refractivity contribution in [1.82, 2.24) is 29.4 Å². The molecule has 2 unspecified atom stereocenters. The number of benzene rings is 1. The lowest BCUT2D eigenvalue weighted by Crippen LogP contribution is -2.31. The molecule has 10 nitrogen and oxygen atoms in total. The molecule has 0 spiro atoms. The van der Waals surface area contributed by atoms with Crippen molar-refractivity contribution >= 4 is 21.1 Å². The molecule has 3 heterocycles. The Labute approximate surface area is 219 Å². The molecule has 1 fully saturated rings. The molecule has 1 aliphatic heterocycles. The quantitative estimate of drug-likeness (QED) is 0.398. The van der Waals surface area contributed by atoms with Gasteiger partial charge in [0.05, 0.1) is 22.8 Å². The van der Waals surface area contributed by atoms with Crippen LogP contribution in [0.15, 0.2) is 27.9 Å². The van der Waals surface area contributed by atoms with Crippen molar-refractivity contribution in [2.24, 2.45) is 7.05 Å². The molecule has 0 bridgehead atoms. The third-order valence-corrected chi connectivity index (χ3v) is 7.33. The maximum Gasteiger partial charge on any atom is 0.277 e. The number of fused-ring (bicyclic) bond motifs is 1. The summed E-state index contributed by atoms with van der Waals surface area (Å²) < 4.78 is 78.1. The summed E-state index contributed by atoms with van der Waals surface area (Å²) >= 11 is 0. The van der Waals surface area contributed by atoms with Crippen LogP contribution in [0.4, 0.5) is 0 Å². The fourth-order valence-corrected chi connectivity index (χ4v) is 5.07. The number of hydrogen-bond acceptors (Lipinski definition) is 7. The molecule has 0 saturated carbocycles.